The number of aryl methyl sites for hydroxylation is 1. The summed E-state index contributed by atoms with van der Waals surface area (Å²) in [6, 6.07) is 0.115. The maximum atomic E-state index is 12.0. The van der Waals surface area contributed by atoms with Crippen molar-refractivity contribution in [3.8, 4) is 0 Å². The van der Waals surface area contributed by atoms with E-state index >= 15 is 0 Å². The molecule has 0 radical (unpaired) electrons. The van der Waals surface area contributed by atoms with Crippen LogP contribution in [0.2, 0.25) is 0 Å². The molecule has 0 aliphatic rings. The SMILES string of the molecule is Cc1cnc(C(=O)N(C)CCC(N)C(C)C)cn1. The van der Waals surface area contributed by atoms with Gasteiger partial charge in [0.2, 0.25) is 0 Å². The lowest BCUT2D eigenvalue weighted by Crippen LogP contribution is -2.35. The van der Waals surface area contributed by atoms with E-state index in [1.807, 2.05) is 6.92 Å². The summed E-state index contributed by atoms with van der Waals surface area (Å²) in [6.45, 7) is 6.64. The van der Waals surface area contributed by atoms with E-state index in [1.54, 1.807) is 18.1 Å². The van der Waals surface area contributed by atoms with Crippen molar-refractivity contribution in [3.05, 3.63) is 23.8 Å². The van der Waals surface area contributed by atoms with Crippen molar-refractivity contribution in [3.63, 3.8) is 0 Å². The third kappa shape index (κ3) is 4.07. The van der Waals surface area contributed by atoms with Crippen molar-refractivity contribution in [1.29, 1.82) is 0 Å². The molecule has 0 saturated carbocycles. The second-order valence-electron chi connectivity index (χ2n) is 4.97. The molecule has 100 valence electrons. The fourth-order valence-electron chi connectivity index (χ4n) is 1.48. The highest BCUT2D eigenvalue weighted by molar-refractivity contribution is 5.91. The molecule has 0 aliphatic carbocycles. The van der Waals surface area contributed by atoms with Gasteiger partial charge in [0.25, 0.3) is 5.91 Å². The standard InChI is InChI=1S/C13H22N4O/c1-9(2)11(14)5-6-17(4)13(18)12-8-15-10(3)7-16-12/h7-9,11H,5-6,14H2,1-4H3. The fourth-order valence-corrected chi connectivity index (χ4v) is 1.48. The Morgan fingerprint density at radius 1 is 1.39 bits per heavy atom. The van der Waals surface area contributed by atoms with Crippen LogP contribution in [0, 0.1) is 12.8 Å². The van der Waals surface area contributed by atoms with Crippen LogP contribution in [0.25, 0.3) is 0 Å². The fraction of sp³-hybridized carbons (Fsp3) is 0.615. The second kappa shape index (κ2) is 6.44. The van der Waals surface area contributed by atoms with Gasteiger partial charge in [0, 0.05) is 25.8 Å². The molecule has 1 unspecified atom stereocenters. The van der Waals surface area contributed by atoms with Crippen molar-refractivity contribution in [2.75, 3.05) is 13.6 Å². The van der Waals surface area contributed by atoms with Crippen LogP contribution in [-0.2, 0) is 0 Å². The second-order valence-corrected chi connectivity index (χ2v) is 4.97. The average Bonchev–Trinajstić information content (AvgIpc) is 2.35. The monoisotopic (exact) mass is 250 g/mol. The molecule has 0 spiro atoms. The van der Waals surface area contributed by atoms with Crippen molar-refractivity contribution in [2.45, 2.75) is 33.2 Å². The molecule has 1 amide bonds. The number of nitrogens with two attached hydrogens (primary N) is 1. The number of hydrogen-bond donors (Lipinski definition) is 1. The van der Waals surface area contributed by atoms with E-state index in [4.69, 9.17) is 5.73 Å². The first kappa shape index (κ1) is 14.6. The van der Waals surface area contributed by atoms with Crippen molar-refractivity contribution in [1.82, 2.24) is 14.9 Å². The molecule has 5 heteroatoms. The molecule has 0 saturated heterocycles. The van der Waals surface area contributed by atoms with Crippen LogP contribution >= 0.6 is 0 Å². The van der Waals surface area contributed by atoms with Gasteiger partial charge in [-0.3, -0.25) is 9.78 Å². The zero-order chi connectivity index (χ0) is 13.7. The summed E-state index contributed by atoms with van der Waals surface area (Å²) in [4.78, 5) is 21.8. The maximum absolute atomic E-state index is 12.0. The number of carbonyl (C=O) groups is 1. The number of carbonyl (C=O) groups excluding carboxylic acids is 1. The predicted octanol–water partition coefficient (Wildman–Crippen LogP) is 1.23. The molecule has 18 heavy (non-hydrogen) atoms. The minimum absolute atomic E-state index is 0.113. The largest absolute Gasteiger partial charge is 0.340 e. The lowest BCUT2D eigenvalue weighted by molar-refractivity contribution is 0.0783. The van der Waals surface area contributed by atoms with Gasteiger partial charge in [-0.05, 0) is 19.3 Å². The first-order valence-electron chi connectivity index (χ1n) is 6.21. The van der Waals surface area contributed by atoms with Gasteiger partial charge in [0.15, 0.2) is 0 Å². The first-order valence-corrected chi connectivity index (χ1v) is 6.21. The van der Waals surface area contributed by atoms with Crippen LogP contribution in [0.1, 0.15) is 36.5 Å². The summed E-state index contributed by atoms with van der Waals surface area (Å²) in [5.41, 5.74) is 7.14. The summed E-state index contributed by atoms with van der Waals surface area (Å²) in [5.74, 6) is 0.311. The van der Waals surface area contributed by atoms with Crippen molar-refractivity contribution >= 4 is 5.91 Å². The molecule has 1 aromatic heterocycles. The van der Waals surface area contributed by atoms with E-state index in [-0.39, 0.29) is 11.9 Å². The van der Waals surface area contributed by atoms with Gasteiger partial charge in [-0.2, -0.15) is 0 Å². The molecular weight excluding hydrogens is 228 g/mol. The molecule has 5 nitrogen and oxygen atoms in total. The van der Waals surface area contributed by atoms with Crippen molar-refractivity contribution < 1.29 is 4.79 Å². The number of amides is 1. The normalized spacial score (nSPS) is 12.6. The Hall–Kier alpha value is -1.49. The van der Waals surface area contributed by atoms with Gasteiger partial charge in [0.1, 0.15) is 5.69 Å². The minimum atomic E-state index is -0.113. The summed E-state index contributed by atoms with van der Waals surface area (Å²) in [6.07, 6.45) is 3.90. The molecular formula is C13H22N4O. The lowest BCUT2D eigenvalue weighted by Gasteiger charge is -2.21. The highest BCUT2D eigenvalue weighted by Crippen LogP contribution is 2.05. The van der Waals surface area contributed by atoms with Gasteiger partial charge in [-0.15, -0.1) is 0 Å². The number of aromatic nitrogens is 2. The van der Waals surface area contributed by atoms with Crippen LogP contribution < -0.4 is 5.73 Å². The maximum Gasteiger partial charge on any atom is 0.273 e. The molecule has 1 heterocycles. The van der Waals surface area contributed by atoms with E-state index in [2.05, 4.69) is 23.8 Å². The van der Waals surface area contributed by atoms with Crippen LogP contribution in [0.4, 0.5) is 0 Å². The van der Waals surface area contributed by atoms with E-state index in [1.165, 1.54) is 6.20 Å². The third-order valence-electron chi connectivity index (χ3n) is 3.00. The predicted molar refractivity (Wildman–Crippen MR) is 71.2 cm³/mol. The molecule has 1 aromatic rings. The topological polar surface area (TPSA) is 72.1 Å². The molecule has 0 bridgehead atoms. The Kier molecular flexibility index (Phi) is 5.22. The lowest BCUT2D eigenvalue weighted by atomic mass is 10.0. The summed E-state index contributed by atoms with van der Waals surface area (Å²) in [5, 5.41) is 0. The Morgan fingerprint density at radius 2 is 2.06 bits per heavy atom. The van der Waals surface area contributed by atoms with Gasteiger partial charge in [-0.1, -0.05) is 13.8 Å². The van der Waals surface area contributed by atoms with E-state index in [0.29, 0.717) is 18.2 Å². The highest BCUT2D eigenvalue weighted by Gasteiger charge is 2.15. The van der Waals surface area contributed by atoms with Crippen LogP contribution in [0.15, 0.2) is 12.4 Å². The molecule has 0 aliphatic heterocycles. The van der Waals surface area contributed by atoms with E-state index < -0.39 is 0 Å². The third-order valence-corrected chi connectivity index (χ3v) is 3.00. The minimum Gasteiger partial charge on any atom is -0.340 e. The quantitative estimate of drug-likeness (QED) is 0.853. The van der Waals surface area contributed by atoms with E-state index in [0.717, 1.165) is 12.1 Å². The van der Waals surface area contributed by atoms with Crippen LogP contribution in [-0.4, -0.2) is 40.4 Å². The van der Waals surface area contributed by atoms with Crippen LogP contribution in [0.3, 0.4) is 0 Å². The van der Waals surface area contributed by atoms with Gasteiger partial charge < -0.3 is 10.6 Å². The molecule has 0 aromatic carbocycles. The zero-order valence-electron chi connectivity index (χ0n) is 11.6. The molecule has 0 fully saturated rings. The summed E-state index contributed by atoms with van der Waals surface area (Å²) in [7, 11) is 1.76. The average molecular weight is 250 g/mol. The van der Waals surface area contributed by atoms with Crippen molar-refractivity contribution in [2.24, 2.45) is 11.7 Å². The Bertz CT molecular complexity index is 388. The number of rotatable bonds is 5. The smallest absolute Gasteiger partial charge is 0.273 e. The van der Waals surface area contributed by atoms with Gasteiger partial charge in [-0.25, -0.2) is 4.98 Å². The molecule has 2 N–H and O–H groups in total. The van der Waals surface area contributed by atoms with E-state index in [9.17, 15) is 4.79 Å². The van der Waals surface area contributed by atoms with Gasteiger partial charge in [0.05, 0.1) is 11.9 Å². The summed E-state index contributed by atoms with van der Waals surface area (Å²) < 4.78 is 0. The molecule has 1 atom stereocenters. The number of hydrogen-bond acceptors (Lipinski definition) is 4. The summed E-state index contributed by atoms with van der Waals surface area (Å²) >= 11 is 0. The van der Waals surface area contributed by atoms with Crippen LogP contribution in [0.5, 0.6) is 0 Å². The Balaban J connectivity index is 2.54. The van der Waals surface area contributed by atoms with Gasteiger partial charge >= 0.3 is 0 Å². The molecule has 1 rings (SSSR count). The Labute approximate surface area is 108 Å². The Morgan fingerprint density at radius 3 is 2.56 bits per heavy atom. The number of nitrogens with zero attached hydrogens (tertiary/aromatic N) is 3. The zero-order valence-corrected chi connectivity index (χ0v) is 11.6. The first-order chi connectivity index (χ1) is 8.41. The highest BCUT2D eigenvalue weighted by atomic mass is 16.2.